The average Bonchev–Trinajstić information content (AvgIpc) is 2.09. The predicted octanol–water partition coefficient (Wildman–Crippen LogP) is 2.51. The number of hydrogen-bond donors (Lipinski definition) is 1. The molecule has 0 spiro atoms. The van der Waals surface area contributed by atoms with Crippen molar-refractivity contribution in [1.29, 1.82) is 0 Å². The summed E-state index contributed by atoms with van der Waals surface area (Å²) in [4.78, 5) is 0. The summed E-state index contributed by atoms with van der Waals surface area (Å²) in [6, 6.07) is 0. The minimum Gasteiger partial charge on any atom is -0.389 e. The Morgan fingerprint density at radius 1 is 1.50 bits per heavy atom. The highest BCUT2D eigenvalue weighted by molar-refractivity contribution is 4.95. The number of unbranched alkanes of at least 4 members (excludes halogenated alkanes) is 1. The maximum absolute atomic E-state index is 9.34. The van der Waals surface area contributed by atoms with E-state index in [1.807, 2.05) is 19.1 Å². The lowest BCUT2D eigenvalue weighted by molar-refractivity contribution is 0.210. The van der Waals surface area contributed by atoms with Crippen molar-refractivity contribution < 1.29 is 5.11 Å². The van der Waals surface area contributed by atoms with Crippen LogP contribution in [0.1, 0.15) is 39.5 Å². The van der Waals surface area contributed by atoms with Crippen molar-refractivity contribution in [2.24, 2.45) is 0 Å². The molecule has 1 atom stereocenters. The molecule has 0 aromatic heterocycles. The third kappa shape index (κ3) is 7.37. The van der Waals surface area contributed by atoms with E-state index in [0.29, 0.717) is 0 Å². The minimum atomic E-state index is -0.274. The summed E-state index contributed by atoms with van der Waals surface area (Å²) >= 11 is 0. The van der Waals surface area contributed by atoms with Gasteiger partial charge in [-0.05, 0) is 26.2 Å². The summed E-state index contributed by atoms with van der Waals surface area (Å²) in [7, 11) is 0. The van der Waals surface area contributed by atoms with Gasteiger partial charge in [0.1, 0.15) is 0 Å². The molecule has 0 amide bonds. The lowest BCUT2D eigenvalue weighted by Gasteiger charge is -2.01. The van der Waals surface area contributed by atoms with Gasteiger partial charge in [-0.3, -0.25) is 0 Å². The molecule has 0 radical (unpaired) electrons. The van der Waals surface area contributed by atoms with Crippen molar-refractivity contribution in [3.63, 3.8) is 0 Å². The second-order valence-corrected chi connectivity index (χ2v) is 2.72. The summed E-state index contributed by atoms with van der Waals surface area (Å²) in [6.45, 7) is 3.90. The summed E-state index contributed by atoms with van der Waals surface area (Å²) < 4.78 is 0. The second-order valence-electron chi connectivity index (χ2n) is 2.72. The summed E-state index contributed by atoms with van der Waals surface area (Å²) in [5.74, 6) is 5.81. The molecule has 0 fully saturated rings. The first-order chi connectivity index (χ1) is 5.81. The molecule has 0 bridgehead atoms. The van der Waals surface area contributed by atoms with Crippen LogP contribution in [0, 0.1) is 11.8 Å². The highest BCUT2D eigenvalue weighted by atomic mass is 16.3. The topological polar surface area (TPSA) is 20.2 Å². The van der Waals surface area contributed by atoms with Crippen molar-refractivity contribution in [1.82, 2.24) is 0 Å². The molecule has 0 aliphatic heterocycles. The van der Waals surface area contributed by atoms with Crippen molar-refractivity contribution >= 4 is 0 Å². The van der Waals surface area contributed by atoms with Crippen molar-refractivity contribution in [3.05, 3.63) is 12.2 Å². The van der Waals surface area contributed by atoms with Gasteiger partial charge in [0.2, 0.25) is 0 Å². The Bertz CT molecular complexity index is 171. The number of aliphatic hydroxyl groups is 1. The van der Waals surface area contributed by atoms with Gasteiger partial charge in [-0.2, -0.15) is 0 Å². The van der Waals surface area contributed by atoms with E-state index >= 15 is 0 Å². The largest absolute Gasteiger partial charge is 0.389 e. The smallest absolute Gasteiger partial charge is 0.0721 e. The molecule has 68 valence electrons. The zero-order chi connectivity index (χ0) is 9.23. The molecule has 1 N–H and O–H groups in total. The third-order valence-electron chi connectivity index (χ3n) is 1.57. The van der Waals surface area contributed by atoms with E-state index in [9.17, 15) is 5.11 Å². The van der Waals surface area contributed by atoms with Crippen LogP contribution in [0.5, 0.6) is 0 Å². The Morgan fingerprint density at radius 3 is 2.83 bits per heavy atom. The molecular weight excluding hydrogens is 148 g/mol. The van der Waals surface area contributed by atoms with E-state index < -0.39 is 0 Å². The highest BCUT2D eigenvalue weighted by Gasteiger charge is 1.96. The first-order valence-electron chi connectivity index (χ1n) is 4.55. The molecular formula is C11H18O. The summed E-state index contributed by atoms with van der Waals surface area (Å²) in [5.41, 5.74) is 0. The Kier molecular flexibility index (Phi) is 7.84. The molecule has 12 heavy (non-hydrogen) atoms. The van der Waals surface area contributed by atoms with Crippen molar-refractivity contribution in [2.75, 3.05) is 0 Å². The van der Waals surface area contributed by atoms with Crippen LogP contribution in [0.4, 0.5) is 0 Å². The Balaban J connectivity index is 3.35. The van der Waals surface area contributed by atoms with E-state index in [1.165, 1.54) is 0 Å². The van der Waals surface area contributed by atoms with Gasteiger partial charge in [-0.25, -0.2) is 0 Å². The van der Waals surface area contributed by atoms with Gasteiger partial charge in [-0.1, -0.05) is 19.1 Å². The van der Waals surface area contributed by atoms with Crippen LogP contribution in [0.15, 0.2) is 12.2 Å². The van der Waals surface area contributed by atoms with Crippen molar-refractivity contribution in [2.45, 2.75) is 45.6 Å². The van der Waals surface area contributed by atoms with Gasteiger partial charge in [0.25, 0.3) is 0 Å². The summed E-state index contributed by atoms with van der Waals surface area (Å²) in [6.07, 6.45) is 7.28. The first kappa shape index (κ1) is 11.3. The SMILES string of the molecule is CC#CCCCC(O)/C=C/CC. The van der Waals surface area contributed by atoms with E-state index in [0.717, 1.165) is 25.7 Å². The third-order valence-corrected chi connectivity index (χ3v) is 1.57. The second kappa shape index (κ2) is 8.36. The van der Waals surface area contributed by atoms with Crippen molar-refractivity contribution in [3.8, 4) is 11.8 Å². The molecule has 0 heterocycles. The van der Waals surface area contributed by atoms with Crippen LogP contribution in [-0.2, 0) is 0 Å². The zero-order valence-electron chi connectivity index (χ0n) is 8.01. The van der Waals surface area contributed by atoms with Gasteiger partial charge in [-0.15, -0.1) is 11.8 Å². The molecule has 0 aliphatic carbocycles. The lowest BCUT2D eigenvalue weighted by atomic mass is 10.1. The standard InChI is InChI=1S/C11H18O/c1-3-5-7-8-10-11(12)9-6-4-2/h6,9,11-12H,4,7-8,10H2,1-2H3/b9-6+. The van der Waals surface area contributed by atoms with Gasteiger partial charge >= 0.3 is 0 Å². The fourth-order valence-corrected chi connectivity index (χ4v) is 0.914. The average molecular weight is 166 g/mol. The maximum atomic E-state index is 9.34. The zero-order valence-corrected chi connectivity index (χ0v) is 8.01. The number of hydrogen-bond acceptors (Lipinski definition) is 1. The molecule has 1 unspecified atom stereocenters. The maximum Gasteiger partial charge on any atom is 0.0721 e. The molecule has 0 aromatic rings. The molecule has 0 aliphatic rings. The number of rotatable bonds is 5. The van der Waals surface area contributed by atoms with Gasteiger partial charge in [0.15, 0.2) is 0 Å². The van der Waals surface area contributed by atoms with E-state index in [-0.39, 0.29) is 6.10 Å². The minimum absolute atomic E-state index is 0.274. The normalized spacial score (nSPS) is 12.6. The quantitative estimate of drug-likeness (QED) is 0.378. The van der Waals surface area contributed by atoms with E-state index in [2.05, 4.69) is 18.8 Å². The molecule has 0 saturated heterocycles. The highest BCUT2D eigenvalue weighted by Crippen LogP contribution is 2.01. The Hall–Kier alpha value is -0.740. The van der Waals surface area contributed by atoms with Crippen LogP contribution in [0.3, 0.4) is 0 Å². The van der Waals surface area contributed by atoms with Crippen LogP contribution in [0.25, 0.3) is 0 Å². The molecule has 1 nitrogen and oxygen atoms in total. The molecule has 0 aromatic carbocycles. The van der Waals surface area contributed by atoms with Crippen LogP contribution >= 0.6 is 0 Å². The van der Waals surface area contributed by atoms with Gasteiger partial charge < -0.3 is 5.11 Å². The van der Waals surface area contributed by atoms with Crippen LogP contribution in [-0.4, -0.2) is 11.2 Å². The van der Waals surface area contributed by atoms with E-state index in [4.69, 9.17) is 0 Å². The fourth-order valence-electron chi connectivity index (χ4n) is 0.914. The number of allylic oxidation sites excluding steroid dienone is 1. The summed E-state index contributed by atoms with van der Waals surface area (Å²) in [5, 5.41) is 9.34. The van der Waals surface area contributed by atoms with E-state index in [1.54, 1.807) is 0 Å². The first-order valence-corrected chi connectivity index (χ1v) is 4.55. The fraction of sp³-hybridized carbons (Fsp3) is 0.636. The number of aliphatic hydroxyl groups excluding tert-OH is 1. The van der Waals surface area contributed by atoms with Gasteiger partial charge in [0.05, 0.1) is 6.10 Å². The van der Waals surface area contributed by atoms with Gasteiger partial charge in [0, 0.05) is 6.42 Å². The lowest BCUT2D eigenvalue weighted by Crippen LogP contribution is -2.00. The molecule has 1 heteroatoms. The Morgan fingerprint density at radius 2 is 2.25 bits per heavy atom. The predicted molar refractivity (Wildman–Crippen MR) is 52.7 cm³/mol. The van der Waals surface area contributed by atoms with Crippen LogP contribution in [0.2, 0.25) is 0 Å². The molecule has 0 rings (SSSR count). The Labute approximate surface area is 75.5 Å². The monoisotopic (exact) mass is 166 g/mol. The molecule has 0 saturated carbocycles. The van der Waals surface area contributed by atoms with Crippen LogP contribution < -0.4 is 0 Å².